The van der Waals surface area contributed by atoms with Gasteiger partial charge in [-0.15, -0.1) is 0 Å². The summed E-state index contributed by atoms with van der Waals surface area (Å²) in [5.74, 6) is 0. The predicted molar refractivity (Wildman–Crippen MR) is 83.1 cm³/mol. The highest BCUT2D eigenvalue weighted by Gasteiger charge is 2.17. The van der Waals surface area contributed by atoms with Gasteiger partial charge >= 0.3 is 6.09 Å². The summed E-state index contributed by atoms with van der Waals surface area (Å²) >= 11 is 0. The van der Waals surface area contributed by atoms with E-state index in [1.54, 1.807) is 0 Å². The average Bonchev–Trinajstić information content (AvgIpc) is 2.76. The number of rotatable bonds is 7. The number of nitrogens with zero attached hydrogens (tertiary/aromatic N) is 1. The maximum atomic E-state index is 11.7. The molecule has 0 aliphatic heterocycles. The largest absolute Gasteiger partial charge is 0.444 e. The standard InChI is InChI=1S/C15H28N4O2/c1-6-7-13(10-17-14(20)21-15(3,4)5)16-8-12-9-18-19-11(12)2/h9,13,16H,6-8,10H2,1-5H3,(H,17,20)(H,18,19). The van der Waals surface area contributed by atoms with Crippen LogP contribution in [0.2, 0.25) is 0 Å². The summed E-state index contributed by atoms with van der Waals surface area (Å²) in [6.45, 7) is 11.0. The second kappa shape index (κ2) is 8.02. The van der Waals surface area contributed by atoms with Crippen LogP contribution in [0.4, 0.5) is 4.79 Å². The van der Waals surface area contributed by atoms with Crippen molar-refractivity contribution in [3.05, 3.63) is 17.5 Å². The summed E-state index contributed by atoms with van der Waals surface area (Å²) in [6, 6.07) is 0.219. The lowest BCUT2D eigenvalue weighted by atomic mass is 10.1. The second-order valence-corrected chi connectivity index (χ2v) is 6.27. The van der Waals surface area contributed by atoms with Crippen molar-refractivity contribution < 1.29 is 9.53 Å². The fraction of sp³-hybridized carbons (Fsp3) is 0.733. The molecule has 0 saturated carbocycles. The summed E-state index contributed by atoms with van der Waals surface area (Å²) in [7, 11) is 0. The molecule has 1 aromatic rings. The molecule has 6 heteroatoms. The molecule has 0 saturated heterocycles. The topological polar surface area (TPSA) is 79.0 Å². The molecule has 6 nitrogen and oxygen atoms in total. The molecule has 1 aromatic heterocycles. The summed E-state index contributed by atoms with van der Waals surface area (Å²) < 4.78 is 5.24. The first-order valence-electron chi connectivity index (χ1n) is 7.51. The van der Waals surface area contributed by atoms with Gasteiger partial charge in [-0.3, -0.25) is 5.10 Å². The zero-order chi connectivity index (χ0) is 15.9. The van der Waals surface area contributed by atoms with E-state index in [1.807, 2.05) is 33.9 Å². The first kappa shape index (κ1) is 17.5. The van der Waals surface area contributed by atoms with Gasteiger partial charge in [0.15, 0.2) is 0 Å². The zero-order valence-electron chi connectivity index (χ0n) is 13.7. The molecular formula is C15H28N4O2. The van der Waals surface area contributed by atoms with Crippen LogP contribution in [-0.2, 0) is 11.3 Å². The molecule has 0 aliphatic rings. The quantitative estimate of drug-likeness (QED) is 0.722. The van der Waals surface area contributed by atoms with Gasteiger partial charge in [-0.05, 0) is 34.1 Å². The molecule has 120 valence electrons. The van der Waals surface area contributed by atoms with Gasteiger partial charge in [0.1, 0.15) is 5.60 Å². The normalized spacial score (nSPS) is 13.0. The van der Waals surface area contributed by atoms with Crippen molar-refractivity contribution in [2.24, 2.45) is 0 Å². The van der Waals surface area contributed by atoms with E-state index in [-0.39, 0.29) is 12.1 Å². The number of ether oxygens (including phenoxy) is 1. The first-order valence-corrected chi connectivity index (χ1v) is 7.51. The van der Waals surface area contributed by atoms with E-state index in [0.29, 0.717) is 6.54 Å². The van der Waals surface area contributed by atoms with Crippen LogP contribution in [0.15, 0.2) is 6.20 Å². The van der Waals surface area contributed by atoms with Crippen LogP contribution in [0.25, 0.3) is 0 Å². The van der Waals surface area contributed by atoms with Gasteiger partial charge in [0.25, 0.3) is 0 Å². The Balaban J connectivity index is 2.39. The van der Waals surface area contributed by atoms with Crippen molar-refractivity contribution in [1.29, 1.82) is 0 Å². The summed E-state index contributed by atoms with van der Waals surface area (Å²) in [5.41, 5.74) is 1.75. The van der Waals surface area contributed by atoms with Crippen LogP contribution < -0.4 is 10.6 Å². The molecule has 1 atom stereocenters. The number of nitrogens with one attached hydrogen (secondary N) is 3. The van der Waals surface area contributed by atoms with Gasteiger partial charge in [-0.25, -0.2) is 4.79 Å². The molecule has 0 aromatic carbocycles. The molecular weight excluding hydrogens is 268 g/mol. The van der Waals surface area contributed by atoms with Crippen LogP contribution in [-0.4, -0.2) is 34.5 Å². The van der Waals surface area contributed by atoms with Crippen LogP contribution in [0.3, 0.4) is 0 Å². The third kappa shape index (κ3) is 7.13. The monoisotopic (exact) mass is 296 g/mol. The number of amides is 1. The van der Waals surface area contributed by atoms with Crippen LogP contribution in [0, 0.1) is 6.92 Å². The number of alkyl carbamates (subject to hydrolysis) is 1. The number of carbonyl (C=O) groups is 1. The molecule has 0 radical (unpaired) electrons. The van der Waals surface area contributed by atoms with Crippen LogP contribution in [0.5, 0.6) is 0 Å². The minimum Gasteiger partial charge on any atom is -0.444 e. The lowest BCUT2D eigenvalue weighted by Gasteiger charge is -2.22. The molecule has 0 spiro atoms. The Hall–Kier alpha value is -1.56. The van der Waals surface area contributed by atoms with Gasteiger partial charge < -0.3 is 15.4 Å². The third-order valence-electron chi connectivity index (χ3n) is 3.04. The van der Waals surface area contributed by atoms with Crippen molar-refractivity contribution >= 4 is 6.09 Å². The minimum atomic E-state index is -0.467. The van der Waals surface area contributed by atoms with Crippen molar-refractivity contribution in [3.8, 4) is 0 Å². The number of carbonyl (C=O) groups excluding carboxylic acids is 1. The predicted octanol–water partition coefficient (Wildman–Crippen LogP) is 2.50. The molecule has 21 heavy (non-hydrogen) atoms. The van der Waals surface area contributed by atoms with Crippen molar-refractivity contribution in [2.45, 2.75) is 65.6 Å². The van der Waals surface area contributed by atoms with Gasteiger partial charge in [0.2, 0.25) is 0 Å². The van der Waals surface area contributed by atoms with Gasteiger partial charge in [0.05, 0.1) is 6.20 Å². The van der Waals surface area contributed by atoms with E-state index in [9.17, 15) is 4.79 Å². The van der Waals surface area contributed by atoms with E-state index in [1.165, 1.54) is 0 Å². The average molecular weight is 296 g/mol. The highest BCUT2D eigenvalue weighted by Crippen LogP contribution is 2.07. The maximum Gasteiger partial charge on any atom is 0.407 e. The van der Waals surface area contributed by atoms with Gasteiger partial charge in [-0.1, -0.05) is 13.3 Å². The molecule has 0 fully saturated rings. The summed E-state index contributed by atoms with van der Waals surface area (Å²) in [5, 5.41) is 13.2. The number of hydrogen-bond donors (Lipinski definition) is 3. The van der Waals surface area contributed by atoms with E-state index < -0.39 is 5.60 Å². The molecule has 0 bridgehead atoms. The Bertz CT molecular complexity index is 437. The highest BCUT2D eigenvalue weighted by molar-refractivity contribution is 5.67. The second-order valence-electron chi connectivity index (χ2n) is 6.27. The Morgan fingerprint density at radius 1 is 1.48 bits per heavy atom. The summed E-state index contributed by atoms with van der Waals surface area (Å²) in [6.07, 6.45) is 3.50. The van der Waals surface area contributed by atoms with E-state index in [0.717, 1.165) is 30.6 Å². The molecule has 3 N–H and O–H groups in total. The number of H-pyrrole nitrogens is 1. The fourth-order valence-electron chi connectivity index (χ4n) is 1.95. The highest BCUT2D eigenvalue weighted by atomic mass is 16.6. The Kier molecular flexibility index (Phi) is 6.68. The number of aromatic amines is 1. The Morgan fingerprint density at radius 2 is 2.19 bits per heavy atom. The van der Waals surface area contributed by atoms with Crippen LogP contribution >= 0.6 is 0 Å². The van der Waals surface area contributed by atoms with Crippen molar-refractivity contribution in [1.82, 2.24) is 20.8 Å². The summed E-state index contributed by atoms with van der Waals surface area (Å²) in [4.78, 5) is 11.7. The van der Waals surface area contributed by atoms with Gasteiger partial charge in [0, 0.05) is 30.4 Å². The Labute approximate surface area is 127 Å². The minimum absolute atomic E-state index is 0.219. The molecule has 1 rings (SSSR count). The third-order valence-corrected chi connectivity index (χ3v) is 3.04. The zero-order valence-corrected chi connectivity index (χ0v) is 13.7. The molecule has 0 aliphatic carbocycles. The maximum absolute atomic E-state index is 11.7. The lowest BCUT2D eigenvalue weighted by Crippen LogP contribution is -2.42. The fourth-order valence-corrected chi connectivity index (χ4v) is 1.95. The Morgan fingerprint density at radius 3 is 2.71 bits per heavy atom. The van der Waals surface area contributed by atoms with Crippen molar-refractivity contribution in [3.63, 3.8) is 0 Å². The van der Waals surface area contributed by atoms with E-state index in [4.69, 9.17) is 4.74 Å². The van der Waals surface area contributed by atoms with Gasteiger partial charge in [-0.2, -0.15) is 5.10 Å². The smallest absolute Gasteiger partial charge is 0.407 e. The van der Waals surface area contributed by atoms with E-state index >= 15 is 0 Å². The van der Waals surface area contributed by atoms with Crippen molar-refractivity contribution in [2.75, 3.05) is 6.54 Å². The lowest BCUT2D eigenvalue weighted by molar-refractivity contribution is 0.0521. The SMILES string of the molecule is CCCC(CNC(=O)OC(C)(C)C)NCc1cn[nH]c1C. The number of hydrogen-bond acceptors (Lipinski definition) is 4. The first-order chi connectivity index (χ1) is 9.81. The molecule has 1 amide bonds. The van der Waals surface area contributed by atoms with E-state index in [2.05, 4.69) is 27.8 Å². The molecule has 1 unspecified atom stereocenters. The molecule has 1 heterocycles. The number of aryl methyl sites for hydroxylation is 1. The van der Waals surface area contributed by atoms with Crippen LogP contribution in [0.1, 0.15) is 51.8 Å². The number of aromatic nitrogens is 2.